The zero-order valence-electron chi connectivity index (χ0n) is 13.7. The summed E-state index contributed by atoms with van der Waals surface area (Å²) in [6.07, 6.45) is -1.03. The summed E-state index contributed by atoms with van der Waals surface area (Å²) < 4.78 is 11.2. The highest BCUT2D eigenvalue weighted by Gasteiger charge is 2.58. The highest BCUT2D eigenvalue weighted by Crippen LogP contribution is 2.53. The molecule has 0 amide bonds. The number of hydrogen-bond acceptors (Lipinski definition) is 3. The van der Waals surface area contributed by atoms with Crippen LogP contribution >= 0.6 is 23.2 Å². The first-order valence-corrected chi connectivity index (χ1v) is 8.44. The molecule has 5 heteroatoms. The van der Waals surface area contributed by atoms with Crippen LogP contribution in [0.25, 0.3) is 0 Å². The molecule has 1 atom stereocenters. The van der Waals surface area contributed by atoms with Crippen LogP contribution in [-0.2, 0) is 15.1 Å². The molecular weight excluding hydrogens is 347 g/mol. The van der Waals surface area contributed by atoms with Crippen molar-refractivity contribution in [3.05, 3.63) is 69.7 Å². The Morgan fingerprint density at radius 3 is 1.71 bits per heavy atom. The van der Waals surface area contributed by atoms with Gasteiger partial charge in [0.05, 0.1) is 5.41 Å². The molecule has 1 fully saturated rings. The minimum Gasteiger partial charge on any atom is -0.430 e. The van der Waals surface area contributed by atoms with E-state index in [0.717, 1.165) is 11.1 Å². The van der Waals surface area contributed by atoms with E-state index < -0.39 is 17.2 Å². The quantitative estimate of drug-likeness (QED) is 0.629. The molecule has 1 unspecified atom stereocenters. The highest BCUT2D eigenvalue weighted by molar-refractivity contribution is 6.30. The summed E-state index contributed by atoms with van der Waals surface area (Å²) in [4.78, 5) is 12.2. The van der Waals surface area contributed by atoms with Gasteiger partial charge in [0, 0.05) is 21.2 Å². The Morgan fingerprint density at radius 2 is 1.29 bits per heavy atom. The Bertz CT molecular complexity index is 706. The standard InChI is InChI=1S/C19H18Cl2O3/c1-12-18(2,3)19(24-17(22)23-12,13-4-8-15(20)9-5-13)14-6-10-16(21)11-7-14/h4-12H,1-3H3. The topological polar surface area (TPSA) is 35.5 Å². The molecule has 0 radical (unpaired) electrons. The zero-order valence-corrected chi connectivity index (χ0v) is 15.2. The normalized spacial score (nSPS) is 21.7. The van der Waals surface area contributed by atoms with E-state index >= 15 is 0 Å². The Kier molecular flexibility index (Phi) is 4.27. The van der Waals surface area contributed by atoms with Crippen LogP contribution in [0.3, 0.4) is 0 Å². The number of rotatable bonds is 2. The second kappa shape index (κ2) is 5.98. The lowest BCUT2D eigenvalue weighted by molar-refractivity contribution is -0.179. The number of benzene rings is 2. The summed E-state index contributed by atoms with van der Waals surface area (Å²) in [5.41, 5.74) is 0.143. The minimum absolute atomic E-state index is 0.342. The van der Waals surface area contributed by atoms with Gasteiger partial charge in [-0.2, -0.15) is 0 Å². The third kappa shape index (κ3) is 2.56. The van der Waals surface area contributed by atoms with Crippen molar-refractivity contribution in [3.8, 4) is 0 Å². The smallest absolute Gasteiger partial charge is 0.430 e. The van der Waals surface area contributed by atoms with E-state index in [1.54, 1.807) is 24.3 Å². The van der Waals surface area contributed by atoms with E-state index in [-0.39, 0.29) is 6.10 Å². The van der Waals surface area contributed by atoms with Crippen LogP contribution in [0, 0.1) is 5.41 Å². The first-order valence-electron chi connectivity index (χ1n) is 7.69. The van der Waals surface area contributed by atoms with E-state index in [1.807, 2.05) is 45.0 Å². The van der Waals surface area contributed by atoms with Crippen LogP contribution < -0.4 is 0 Å². The van der Waals surface area contributed by atoms with Gasteiger partial charge in [0.2, 0.25) is 0 Å². The molecule has 0 aromatic heterocycles. The van der Waals surface area contributed by atoms with Gasteiger partial charge in [-0.25, -0.2) is 4.79 Å². The monoisotopic (exact) mass is 364 g/mol. The fourth-order valence-electron chi connectivity index (χ4n) is 3.26. The van der Waals surface area contributed by atoms with Gasteiger partial charge >= 0.3 is 6.16 Å². The van der Waals surface area contributed by atoms with Crippen LogP contribution in [0.15, 0.2) is 48.5 Å². The van der Waals surface area contributed by atoms with Crippen molar-refractivity contribution in [2.24, 2.45) is 5.41 Å². The average molecular weight is 365 g/mol. The maximum atomic E-state index is 12.2. The second-order valence-electron chi connectivity index (χ2n) is 6.53. The first-order chi connectivity index (χ1) is 11.3. The third-order valence-electron chi connectivity index (χ3n) is 4.93. The van der Waals surface area contributed by atoms with Gasteiger partial charge in [0.15, 0.2) is 5.60 Å². The average Bonchev–Trinajstić information content (AvgIpc) is 2.53. The van der Waals surface area contributed by atoms with E-state index in [1.165, 1.54) is 0 Å². The maximum absolute atomic E-state index is 12.2. The molecule has 1 saturated heterocycles. The van der Waals surface area contributed by atoms with Gasteiger partial charge in [-0.05, 0) is 31.2 Å². The molecule has 0 saturated carbocycles. The van der Waals surface area contributed by atoms with E-state index in [9.17, 15) is 4.79 Å². The van der Waals surface area contributed by atoms with Gasteiger partial charge < -0.3 is 9.47 Å². The van der Waals surface area contributed by atoms with Gasteiger partial charge in [0.25, 0.3) is 0 Å². The van der Waals surface area contributed by atoms with Crippen LogP contribution in [0.4, 0.5) is 4.79 Å². The Labute approximate surface area is 151 Å². The van der Waals surface area contributed by atoms with Gasteiger partial charge in [-0.15, -0.1) is 0 Å². The van der Waals surface area contributed by atoms with Crippen molar-refractivity contribution < 1.29 is 14.3 Å². The molecule has 1 aliphatic heterocycles. The number of hydrogen-bond donors (Lipinski definition) is 0. The molecule has 1 heterocycles. The van der Waals surface area contributed by atoms with Gasteiger partial charge in [0.1, 0.15) is 6.10 Å². The van der Waals surface area contributed by atoms with Crippen LogP contribution in [0.2, 0.25) is 10.0 Å². The predicted molar refractivity (Wildman–Crippen MR) is 94.5 cm³/mol. The van der Waals surface area contributed by atoms with E-state index in [4.69, 9.17) is 32.7 Å². The lowest BCUT2D eigenvalue weighted by atomic mass is 9.64. The third-order valence-corrected chi connectivity index (χ3v) is 5.44. The van der Waals surface area contributed by atoms with Gasteiger partial charge in [-0.1, -0.05) is 61.3 Å². The van der Waals surface area contributed by atoms with Crippen molar-refractivity contribution in [3.63, 3.8) is 0 Å². The first kappa shape index (κ1) is 17.1. The molecule has 2 aromatic carbocycles. The summed E-state index contributed by atoms with van der Waals surface area (Å²) in [5.74, 6) is 0. The lowest BCUT2D eigenvalue weighted by Gasteiger charge is -2.51. The summed E-state index contributed by atoms with van der Waals surface area (Å²) in [6.45, 7) is 5.92. The summed E-state index contributed by atoms with van der Waals surface area (Å²) >= 11 is 12.1. The van der Waals surface area contributed by atoms with Crippen molar-refractivity contribution in [2.75, 3.05) is 0 Å². The lowest BCUT2D eigenvalue weighted by Crippen LogP contribution is -2.57. The molecule has 126 valence electrons. The SMILES string of the molecule is CC1OC(=O)OC(c2ccc(Cl)cc2)(c2ccc(Cl)cc2)C1(C)C. The number of carbonyl (C=O) groups excluding carboxylic acids is 1. The second-order valence-corrected chi connectivity index (χ2v) is 7.40. The zero-order chi connectivity index (χ0) is 17.5. The van der Waals surface area contributed by atoms with Crippen LogP contribution in [0.5, 0.6) is 0 Å². The summed E-state index contributed by atoms with van der Waals surface area (Å²) in [5, 5.41) is 1.24. The fraction of sp³-hybridized carbons (Fsp3) is 0.316. The molecule has 3 nitrogen and oxygen atoms in total. The summed E-state index contributed by atoms with van der Waals surface area (Å²) in [6, 6.07) is 14.7. The Morgan fingerprint density at radius 1 is 0.875 bits per heavy atom. The van der Waals surface area contributed by atoms with Crippen LogP contribution in [-0.4, -0.2) is 12.3 Å². The van der Waals surface area contributed by atoms with Crippen molar-refractivity contribution in [2.45, 2.75) is 32.5 Å². The molecule has 0 N–H and O–H groups in total. The molecule has 2 aromatic rings. The number of cyclic esters (lactones) is 2. The number of ether oxygens (including phenoxy) is 2. The van der Waals surface area contributed by atoms with Gasteiger partial charge in [-0.3, -0.25) is 0 Å². The number of halogens is 2. The molecule has 24 heavy (non-hydrogen) atoms. The maximum Gasteiger partial charge on any atom is 0.509 e. The molecule has 1 aliphatic rings. The van der Waals surface area contributed by atoms with Crippen LogP contribution in [0.1, 0.15) is 31.9 Å². The molecule has 3 rings (SSSR count). The largest absolute Gasteiger partial charge is 0.509 e. The van der Waals surface area contributed by atoms with E-state index in [0.29, 0.717) is 10.0 Å². The predicted octanol–water partition coefficient (Wildman–Crippen LogP) is 5.82. The van der Waals surface area contributed by atoms with E-state index in [2.05, 4.69) is 0 Å². The Hall–Kier alpha value is -1.71. The fourth-order valence-corrected chi connectivity index (χ4v) is 3.51. The minimum atomic E-state index is -1.00. The number of carbonyl (C=O) groups is 1. The Balaban J connectivity index is 2.29. The molecule has 0 aliphatic carbocycles. The van der Waals surface area contributed by atoms with Crippen molar-refractivity contribution in [1.29, 1.82) is 0 Å². The molecule has 0 bridgehead atoms. The molecular formula is C19H18Cl2O3. The van der Waals surface area contributed by atoms with Crippen molar-refractivity contribution in [1.82, 2.24) is 0 Å². The highest BCUT2D eigenvalue weighted by atomic mass is 35.5. The molecule has 0 spiro atoms. The summed E-state index contributed by atoms with van der Waals surface area (Å²) in [7, 11) is 0. The van der Waals surface area contributed by atoms with Crippen molar-refractivity contribution >= 4 is 29.4 Å².